The highest BCUT2D eigenvalue weighted by atomic mass is 16.1. The normalized spacial score (nSPS) is 11.4. The molecule has 0 bridgehead atoms. The van der Waals surface area contributed by atoms with E-state index in [1.54, 1.807) is 11.5 Å². The fourth-order valence-corrected chi connectivity index (χ4v) is 3.11. The van der Waals surface area contributed by atoms with Crippen LogP contribution in [0.25, 0.3) is 11.1 Å². The summed E-state index contributed by atoms with van der Waals surface area (Å²) >= 11 is 0. The molecule has 0 aliphatic heterocycles. The van der Waals surface area contributed by atoms with Gasteiger partial charge in [0.05, 0.1) is 5.69 Å². The summed E-state index contributed by atoms with van der Waals surface area (Å²) in [5.74, 6) is 5.57. The van der Waals surface area contributed by atoms with Gasteiger partial charge in [-0.05, 0) is 23.6 Å². The summed E-state index contributed by atoms with van der Waals surface area (Å²) in [6.07, 6.45) is 1.10. The van der Waals surface area contributed by atoms with Gasteiger partial charge in [0.1, 0.15) is 5.82 Å². The molecule has 8 heteroatoms. The van der Waals surface area contributed by atoms with Gasteiger partial charge in [-0.15, -0.1) is 0 Å². The maximum Gasteiger partial charge on any atom is 0.269 e. The summed E-state index contributed by atoms with van der Waals surface area (Å²) in [4.78, 5) is 15.7. The Bertz CT molecular complexity index is 1060. The maximum absolute atomic E-state index is 11.5. The van der Waals surface area contributed by atoms with Crippen molar-refractivity contribution in [1.82, 2.24) is 9.55 Å². The summed E-state index contributed by atoms with van der Waals surface area (Å²) in [5.41, 5.74) is 15.4. The molecule has 142 valence electrons. The molecular weight excluding hydrogens is 354 g/mol. The monoisotopic (exact) mass is 375 g/mol. The van der Waals surface area contributed by atoms with Gasteiger partial charge in [0.25, 0.3) is 5.91 Å². The number of nitrogens with two attached hydrogens (primary N) is 3. The van der Waals surface area contributed by atoms with Gasteiger partial charge in [-0.1, -0.05) is 48.5 Å². The van der Waals surface area contributed by atoms with Gasteiger partial charge in [-0.3, -0.25) is 4.79 Å². The first-order valence-electron chi connectivity index (χ1n) is 8.55. The van der Waals surface area contributed by atoms with Crippen LogP contribution in [0.2, 0.25) is 0 Å². The van der Waals surface area contributed by atoms with Gasteiger partial charge < -0.3 is 27.3 Å². The molecule has 0 aliphatic carbocycles. The lowest BCUT2D eigenvalue weighted by molar-refractivity contribution is 0.0995. The molecular formula is C20H21N7O. The van der Waals surface area contributed by atoms with Crippen molar-refractivity contribution in [3.05, 3.63) is 76.9 Å². The van der Waals surface area contributed by atoms with E-state index in [-0.39, 0.29) is 11.5 Å². The topological polar surface area (TPSA) is 149 Å². The van der Waals surface area contributed by atoms with Gasteiger partial charge >= 0.3 is 0 Å². The number of hydrogen-bond acceptors (Lipinski definition) is 5. The minimum Gasteiger partial charge on any atom is -0.382 e. The lowest BCUT2D eigenvalue weighted by Crippen LogP contribution is -2.16. The number of rotatable bonds is 6. The molecule has 7 N–H and O–H groups in total. The van der Waals surface area contributed by atoms with Crippen LogP contribution >= 0.6 is 0 Å². The molecule has 1 heterocycles. The van der Waals surface area contributed by atoms with Crippen LogP contribution < -0.4 is 17.3 Å². The summed E-state index contributed by atoms with van der Waals surface area (Å²) in [5, 5.41) is 11.2. The van der Waals surface area contributed by atoms with E-state index in [2.05, 4.69) is 10.1 Å². The highest BCUT2D eigenvalue weighted by Crippen LogP contribution is 2.24. The Hall–Kier alpha value is -3.94. The number of amides is 1. The summed E-state index contributed by atoms with van der Waals surface area (Å²) in [6.45, 7) is 2.24. The number of primary amides is 1. The number of carbonyl (C=O) groups excluding carboxylic acids is 1. The van der Waals surface area contributed by atoms with Crippen molar-refractivity contribution in [1.29, 1.82) is 5.41 Å². The molecule has 0 saturated heterocycles. The molecule has 0 unspecified atom stereocenters. The van der Waals surface area contributed by atoms with Gasteiger partial charge in [0.15, 0.2) is 11.5 Å². The molecule has 3 rings (SSSR count). The Morgan fingerprint density at radius 2 is 1.86 bits per heavy atom. The molecule has 2 aromatic carbocycles. The zero-order valence-corrected chi connectivity index (χ0v) is 15.4. The zero-order chi connectivity index (χ0) is 20.3. The van der Waals surface area contributed by atoms with Crippen molar-refractivity contribution < 1.29 is 4.79 Å². The Labute approximate surface area is 162 Å². The van der Waals surface area contributed by atoms with Gasteiger partial charge in [0.2, 0.25) is 0 Å². The number of carbonyl (C=O) groups is 1. The first-order valence-corrected chi connectivity index (χ1v) is 8.55. The van der Waals surface area contributed by atoms with Crippen LogP contribution in [0.5, 0.6) is 0 Å². The van der Waals surface area contributed by atoms with Gasteiger partial charge in [-0.2, -0.15) is 5.10 Å². The van der Waals surface area contributed by atoms with Crippen molar-refractivity contribution in [2.45, 2.75) is 13.5 Å². The molecule has 0 aliphatic rings. The average Bonchev–Trinajstić information content (AvgIpc) is 3.03. The lowest BCUT2D eigenvalue weighted by atomic mass is 9.98. The number of nitrogens with one attached hydrogen (secondary N) is 1. The van der Waals surface area contributed by atoms with Crippen molar-refractivity contribution in [3.63, 3.8) is 0 Å². The SMILES string of the molecule is Cc1nc(C(N)=O)c(C=N)n1Cc1ccc(-c2ccccc2/C(N)=N/N)cc1. The van der Waals surface area contributed by atoms with E-state index < -0.39 is 5.91 Å². The summed E-state index contributed by atoms with van der Waals surface area (Å²) < 4.78 is 1.79. The smallest absolute Gasteiger partial charge is 0.269 e. The third-order valence-corrected chi connectivity index (χ3v) is 4.52. The molecule has 0 radical (unpaired) electrons. The lowest BCUT2D eigenvalue weighted by Gasteiger charge is -2.11. The van der Waals surface area contributed by atoms with E-state index in [9.17, 15) is 4.79 Å². The molecule has 0 atom stereocenters. The van der Waals surface area contributed by atoms with E-state index in [0.29, 0.717) is 18.1 Å². The Morgan fingerprint density at radius 1 is 1.18 bits per heavy atom. The fraction of sp³-hybridized carbons (Fsp3) is 0.100. The highest BCUT2D eigenvalue weighted by Gasteiger charge is 2.17. The van der Waals surface area contributed by atoms with Crippen LogP contribution in [-0.4, -0.2) is 27.5 Å². The van der Waals surface area contributed by atoms with Gasteiger partial charge in [-0.25, -0.2) is 4.98 Å². The van der Waals surface area contributed by atoms with Crippen LogP contribution in [0.1, 0.15) is 33.1 Å². The predicted molar refractivity (Wildman–Crippen MR) is 109 cm³/mol. The number of aryl methyl sites for hydroxylation is 1. The molecule has 1 aromatic heterocycles. The minimum atomic E-state index is -0.647. The second kappa shape index (κ2) is 7.75. The van der Waals surface area contributed by atoms with E-state index in [1.807, 2.05) is 48.5 Å². The van der Waals surface area contributed by atoms with Crippen molar-refractivity contribution in [2.24, 2.45) is 22.4 Å². The van der Waals surface area contributed by atoms with E-state index in [1.165, 1.54) is 0 Å². The van der Waals surface area contributed by atoms with E-state index >= 15 is 0 Å². The number of nitrogens with zero attached hydrogens (tertiary/aromatic N) is 3. The number of imidazole rings is 1. The van der Waals surface area contributed by atoms with E-state index in [4.69, 9.17) is 22.7 Å². The first kappa shape index (κ1) is 18.8. The minimum absolute atomic E-state index is 0.106. The molecule has 1 amide bonds. The van der Waals surface area contributed by atoms with Crippen molar-refractivity contribution in [3.8, 4) is 11.1 Å². The number of amidine groups is 1. The summed E-state index contributed by atoms with van der Waals surface area (Å²) in [7, 11) is 0. The maximum atomic E-state index is 11.5. The predicted octanol–water partition coefficient (Wildman–Crippen LogP) is 1.58. The molecule has 0 fully saturated rings. The van der Waals surface area contributed by atoms with Crippen LogP contribution in [0, 0.1) is 12.3 Å². The Kier molecular flexibility index (Phi) is 5.21. The number of benzene rings is 2. The number of aromatic nitrogens is 2. The second-order valence-electron chi connectivity index (χ2n) is 6.24. The number of hydrazone groups is 1. The molecule has 3 aromatic rings. The Morgan fingerprint density at radius 3 is 2.46 bits per heavy atom. The first-order chi connectivity index (χ1) is 13.5. The fourth-order valence-electron chi connectivity index (χ4n) is 3.11. The standard InChI is InChI=1S/C20H21N7O/c1-12-25-18(20(23)28)17(10-21)27(12)11-13-6-8-14(9-7-13)15-4-2-3-5-16(15)19(22)26-24/h2-10,21H,11,24H2,1H3,(H2,22,26)(H2,23,28). The molecule has 28 heavy (non-hydrogen) atoms. The average molecular weight is 375 g/mol. The largest absolute Gasteiger partial charge is 0.382 e. The number of hydrogen-bond donors (Lipinski definition) is 4. The molecule has 0 spiro atoms. The third-order valence-electron chi connectivity index (χ3n) is 4.52. The second-order valence-corrected chi connectivity index (χ2v) is 6.24. The Balaban J connectivity index is 1.94. The van der Waals surface area contributed by atoms with Gasteiger partial charge in [0, 0.05) is 18.3 Å². The van der Waals surface area contributed by atoms with Crippen LogP contribution in [0.4, 0.5) is 0 Å². The third kappa shape index (κ3) is 3.48. The van der Waals surface area contributed by atoms with Crippen molar-refractivity contribution >= 4 is 18.0 Å². The van der Waals surface area contributed by atoms with Crippen LogP contribution in [0.3, 0.4) is 0 Å². The molecule has 0 saturated carbocycles. The quantitative estimate of drug-likeness (QED) is 0.224. The van der Waals surface area contributed by atoms with E-state index in [0.717, 1.165) is 28.5 Å². The van der Waals surface area contributed by atoms with Crippen molar-refractivity contribution in [2.75, 3.05) is 0 Å². The zero-order valence-electron chi connectivity index (χ0n) is 15.4. The van der Waals surface area contributed by atoms with Crippen LogP contribution in [-0.2, 0) is 6.54 Å². The summed E-state index contributed by atoms with van der Waals surface area (Å²) in [6, 6.07) is 15.5. The van der Waals surface area contributed by atoms with Crippen LogP contribution in [0.15, 0.2) is 53.6 Å². The molecule has 8 nitrogen and oxygen atoms in total. The highest BCUT2D eigenvalue weighted by molar-refractivity contribution is 6.03.